The van der Waals surface area contributed by atoms with Crippen LogP contribution >= 0.6 is 0 Å². The van der Waals surface area contributed by atoms with Gasteiger partial charge in [0.25, 0.3) is 0 Å². The fraction of sp³-hybridized carbons (Fsp3) is 1.00. The van der Waals surface area contributed by atoms with Gasteiger partial charge >= 0.3 is 0 Å². The Morgan fingerprint density at radius 2 is 1.94 bits per heavy atom. The van der Waals surface area contributed by atoms with E-state index >= 15 is 0 Å². The third kappa shape index (κ3) is 3.06. The number of hydrogen-bond acceptors (Lipinski definition) is 4. The minimum absolute atomic E-state index is 0.0738. The maximum Gasteiger partial charge on any atom is 0.151 e. The fourth-order valence-electron chi connectivity index (χ4n) is 3.49. The van der Waals surface area contributed by atoms with Crippen molar-refractivity contribution in [3.63, 3.8) is 0 Å². The summed E-state index contributed by atoms with van der Waals surface area (Å²) in [7, 11) is -2.99. The van der Waals surface area contributed by atoms with Crippen molar-refractivity contribution in [2.75, 3.05) is 18.1 Å². The van der Waals surface area contributed by atoms with Crippen molar-refractivity contribution in [2.24, 2.45) is 17.1 Å². The molecule has 2 unspecified atom stereocenters. The molecule has 2 aliphatic rings. The minimum atomic E-state index is -2.99. The number of aliphatic hydroxyl groups excluding tert-OH is 1. The van der Waals surface area contributed by atoms with Crippen molar-refractivity contribution in [3.8, 4) is 0 Å². The lowest BCUT2D eigenvalue weighted by Gasteiger charge is -2.35. The van der Waals surface area contributed by atoms with Gasteiger partial charge in [0.1, 0.15) is 0 Å². The summed E-state index contributed by atoms with van der Waals surface area (Å²) in [6.45, 7) is 0.278. The van der Waals surface area contributed by atoms with E-state index < -0.39 is 21.4 Å². The molecule has 4 nitrogen and oxygen atoms in total. The van der Waals surface area contributed by atoms with E-state index in [1.54, 1.807) is 0 Å². The number of sulfone groups is 1. The Balaban J connectivity index is 1.99. The standard InChI is InChI=1S/C13H25NO3S/c14-9-13(6-7-18(16,17)10-13)12(15)8-11-4-2-1-3-5-11/h11-12,15H,1-10,14H2. The van der Waals surface area contributed by atoms with E-state index in [0.29, 0.717) is 12.3 Å². The quantitative estimate of drug-likeness (QED) is 0.804. The first kappa shape index (κ1) is 14.3. The second-order valence-electron chi connectivity index (χ2n) is 6.16. The zero-order chi connectivity index (χ0) is 13.2. The molecule has 1 saturated carbocycles. The molecule has 1 saturated heterocycles. The maximum absolute atomic E-state index is 11.6. The molecule has 2 atom stereocenters. The van der Waals surface area contributed by atoms with E-state index in [4.69, 9.17) is 5.73 Å². The highest BCUT2D eigenvalue weighted by atomic mass is 32.2. The van der Waals surface area contributed by atoms with Crippen LogP contribution < -0.4 is 5.73 Å². The van der Waals surface area contributed by atoms with Crippen LogP contribution in [0.2, 0.25) is 0 Å². The zero-order valence-corrected chi connectivity index (χ0v) is 11.8. The molecular formula is C13H25NO3S. The third-order valence-electron chi connectivity index (χ3n) is 4.81. The average Bonchev–Trinajstić information content (AvgIpc) is 2.68. The molecule has 3 N–H and O–H groups in total. The largest absolute Gasteiger partial charge is 0.392 e. The highest BCUT2D eigenvalue weighted by Gasteiger charge is 2.46. The monoisotopic (exact) mass is 275 g/mol. The molecule has 0 aromatic rings. The van der Waals surface area contributed by atoms with Crippen LogP contribution in [0.4, 0.5) is 0 Å². The zero-order valence-electron chi connectivity index (χ0n) is 11.0. The summed E-state index contributed by atoms with van der Waals surface area (Å²) in [5.41, 5.74) is 5.20. The predicted octanol–water partition coefficient (Wildman–Crippen LogP) is 1.08. The van der Waals surface area contributed by atoms with Gasteiger partial charge in [-0.3, -0.25) is 0 Å². The first-order chi connectivity index (χ1) is 8.47. The van der Waals surface area contributed by atoms with Crippen molar-refractivity contribution in [2.45, 2.75) is 51.0 Å². The van der Waals surface area contributed by atoms with Crippen molar-refractivity contribution < 1.29 is 13.5 Å². The average molecular weight is 275 g/mol. The van der Waals surface area contributed by atoms with Crippen molar-refractivity contribution in [3.05, 3.63) is 0 Å². The first-order valence-corrected chi connectivity index (χ1v) is 8.88. The van der Waals surface area contributed by atoms with Crippen LogP contribution in [0.3, 0.4) is 0 Å². The van der Waals surface area contributed by atoms with Gasteiger partial charge in [-0.05, 0) is 18.8 Å². The molecule has 0 amide bonds. The highest BCUT2D eigenvalue weighted by Crippen LogP contribution is 2.39. The van der Waals surface area contributed by atoms with E-state index in [1.165, 1.54) is 32.1 Å². The predicted molar refractivity (Wildman–Crippen MR) is 72.0 cm³/mol. The SMILES string of the molecule is NCC1(C(O)CC2CCCCC2)CCS(=O)(=O)C1. The third-order valence-corrected chi connectivity index (χ3v) is 6.65. The van der Waals surface area contributed by atoms with Crippen LogP contribution in [-0.4, -0.2) is 37.7 Å². The Hall–Kier alpha value is -0.130. The molecule has 0 aromatic heterocycles. The van der Waals surface area contributed by atoms with Crippen LogP contribution in [0.1, 0.15) is 44.9 Å². The van der Waals surface area contributed by atoms with Gasteiger partial charge in [-0.2, -0.15) is 0 Å². The van der Waals surface area contributed by atoms with E-state index in [9.17, 15) is 13.5 Å². The number of hydrogen-bond donors (Lipinski definition) is 2. The molecule has 0 radical (unpaired) electrons. The molecule has 18 heavy (non-hydrogen) atoms. The van der Waals surface area contributed by atoms with Gasteiger partial charge in [0, 0.05) is 12.0 Å². The Morgan fingerprint density at radius 1 is 1.28 bits per heavy atom. The summed E-state index contributed by atoms with van der Waals surface area (Å²) in [4.78, 5) is 0. The maximum atomic E-state index is 11.6. The van der Waals surface area contributed by atoms with Gasteiger partial charge in [-0.25, -0.2) is 8.42 Å². The Bertz CT molecular complexity index is 376. The molecule has 1 aliphatic heterocycles. The summed E-state index contributed by atoms with van der Waals surface area (Å²) in [6, 6.07) is 0. The van der Waals surface area contributed by atoms with E-state index in [1.807, 2.05) is 0 Å². The molecule has 0 spiro atoms. The number of nitrogens with two attached hydrogens (primary N) is 1. The van der Waals surface area contributed by atoms with Crippen LogP contribution in [0.5, 0.6) is 0 Å². The molecule has 5 heteroatoms. The first-order valence-electron chi connectivity index (χ1n) is 7.06. The van der Waals surface area contributed by atoms with E-state index in [2.05, 4.69) is 0 Å². The molecule has 2 rings (SSSR count). The van der Waals surface area contributed by atoms with Crippen molar-refractivity contribution in [1.29, 1.82) is 0 Å². The normalized spacial score (nSPS) is 34.6. The second-order valence-corrected chi connectivity index (χ2v) is 8.35. The summed E-state index contributed by atoms with van der Waals surface area (Å²) >= 11 is 0. The number of rotatable bonds is 4. The molecular weight excluding hydrogens is 250 g/mol. The Labute approximate surface area is 110 Å². The lowest BCUT2D eigenvalue weighted by Crippen LogP contribution is -2.44. The van der Waals surface area contributed by atoms with Gasteiger partial charge in [-0.1, -0.05) is 32.1 Å². The molecule has 1 heterocycles. The smallest absolute Gasteiger partial charge is 0.151 e. The second kappa shape index (κ2) is 5.47. The summed E-state index contributed by atoms with van der Waals surface area (Å²) < 4.78 is 23.3. The van der Waals surface area contributed by atoms with Gasteiger partial charge in [0.2, 0.25) is 0 Å². The highest BCUT2D eigenvalue weighted by molar-refractivity contribution is 7.91. The summed E-state index contributed by atoms with van der Waals surface area (Å²) in [5.74, 6) is 0.816. The van der Waals surface area contributed by atoms with Crippen LogP contribution in [0.15, 0.2) is 0 Å². The van der Waals surface area contributed by atoms with Gasteiger partial charge in [0.05, 0.1) is 17.6 Å². The Kier molecular flexibility index (Phi) is 4.34. The van der Waals surface area contributed by atoms with Crippen LogP contribution in [0, 0.1) is 11.3 Å². The molecule has 0 aromatic carbocycles. The van der Waals surface area contributed by atoms with Crippen LogP contribution in [-0.2, 0) is 9.84 Å². The summed E-state index contributed by atoms with van der Waals surface area (Å²) in [5, 5.41) is 10.4. The molecule has 2 fully saturated rings. The summed E-state index contributed by atoms with van der Waals surface area (Å²) in [6.07, 6.45) is 6.82. The molecule has 0 bridgehead atoms. The van der Waals surface area contributed by atoms with E-state index in [-0.39, 0.29) is 18.1 Å². The lowest BCUT2D eigenvalue weighted by atomic mass is 9.75. The molecule has 106 valence electrons. The van der Waals surface area contributed by atoms with E-state index in [0.717, 1.165) is 6.42 Å². The molecule has 1 aliphatic carbocycles. The fourth-order valence-corrected chi connectivity index (χ4v) is 5.68. The number of aliphatic hydroxyl groups is 1. The van der Waals surface area contributed by atoms with Crippen molar-refractivity contribution >= 4 is 9.84 Å². The lowest BCUT2D eigenvalue weighted by molar-refractivity contribution is 0.0230. The Morgan fingerprint density at radius 3 is 2.44 bits per heavy atom. The van der Waals surface area contributed by atoms with Gasteiger partial charge in [-0.15, -0.1) is 0 Å². The topological polar surface area (TPSA) is 80.4 Å². The minimum Gasteiger partial charge on any atom is -0.392 e. The van der Waals surface area contributed by atoms with Gasteiger partial charge in [0.15, 0.2) is 9.84 Å². The van der Waals surface area contributed by atoms with Crippen LogP contribution in [0.25, 0.3) is 0 Å². The van der Waals surface area contributed by atoms with Crippen molar-refractivity contribution in [1.82, 2.24) is 0 Å². The van der Waals surface area contributed by atoms with Gasteiger partial charge < -0.3 is 10.8 Å².